The smallest absolute Gasteiger partial charge is 0.244 e. The highest BCUT2D eigenvalue weighted by molar-refractivity contribution is 5.46. The van der Waals surface area contributed by atoms with E-state index in [1.54, 1.807) is 4.68 Å². The number of nitrogens with zero attached hydrogens (tertiary/aromatic N) is 4. The summed E-state index contributed by atoms with van der Waals surface area (Å²) in [5.41, 5.74) is 6.61. The first-order chi connectivity index (χ1) is 7.88. The van der Waals surface area contributed by atoms with Crippen LogP contribution in [0.25, 0.3) is 11.5 Å². The van der Waals surface area contributed by atoms with Crippen LogP contribution in [0, 0.1) is 5.41 Å². The standard InChI is InChI=1S/C11H17N5O/c1-11(2,3)8(12)10-13-9(15-17-10)7-5-6-16(4)14-7/h5-6,8H,12H2,1-4H3. The quantitative estimate of drug-likeness (QED) is 0.853. The number of aromatic nitrogens is 4. The Balaban J connectivity index is 2.28. The third-order valence-electron chi connectivity index (χ3n) is 2.58. The number of hydrogen-bond acceptors (Lipinski definition) is 5. The molecule has 0 bridgehead atoms. The van der Waals surface area contributed by atoms with E-state index in [0.29, 0.717) is 17.4 Å². The molecule has 6 nitrogen and oxygen atoms in total. The minimum Gasteiger partial charge on any atom is -0.337 e. The van der Waals surface area contributed by atoms with Crippen molar-refractivity contribution in [1.82, 2.24) is 19.9 Å². The van der Waals surface area contributed by atoms with Gasteiger partial charge in [-0.2, -0.15) is 10.1 Å². The van der Waals surface area contributed by atoms with Crippen molar-refractivity contribution in [2.75, 3.05) is 0 Å². The molecule has 2 aromatic rings. The van der Waals surface area contributed by atoms with Crippen molar-refractivity contribution in [3.8, 4) is 11.5 Å². The lowest BCUT2D eigenvalue weighted by Gasteiger charge is -2.23. The van der Waals surface area contributed by atoms with Crippen LogP contribution < -0.4 is 5.73 Å². The second-order valence-electron chi connectivity index (χ2n) is 5.17. The van der Waals surface area contributed by atoms with Gasteiger partial charge < -0.3 is 10.3 Å². The number of aryl methyl sites for hydroxylation is 1. The molecule has 6 heteroatoms. The van der Waals surface area contributed by atoms with Crippen LogP contribution in [0.1, 0.15) is 32.7 Å². The average molecular weight is 235 g/mol. The second kappa shape index (κ2) is 3.96. The van der Waals surface area contributed by atoms with Gasteiger partial charge in [-0.3, -0.25) is 4.68 Å². The minimum atomic E-state index is -0.285. The van der Waals surface area contributed by atoms with Gasteiger partial charge >= 0.3 is 0 Å². The molecule has 0 aromatic carbocycles. The Kier molecular flexibility index (Phi) is 2.74. The van der Waals surface area contributed by atoms with Gasteiger partial charge in [0.25, 0.3) is 0 Å². The maximum absolute atomic E-state index is 6.05. The topological polar surface area (TPSA) is 82.8 Å². The molecule has 0 saturated heterocycles. The average Bonchev–Trinajstić information content (AvgIpc) is 2.83. The Labute approximate surface area is 99.8 Å². The van der Waals surface area contributed by atoms with Crippen molar-refractivity contribution < 1.29 is 4.52 Å². The number of rotatable bonds is 2. The zero-order chi connectivity index (χ0) is 12.6. The Bertz CT molecular complexity index is 508. The molecule has 1 atom stereocenters. The van der Waals surface area contributed by atoms with Crippen molar-refractivity contribution in [1.29, 1.82) is 0 Å². The fourth-order valence-electron chi connectivity index (χ4n) is 1.37. The van der Waals surface area contributed by atoms with Gasteiger partial charge in [0, 0.05) is 13.2 Å². The van der Waals surface area contributed by atoms with Gasteiger partial charge in [-0.25, -0.2) is 0 Å². The van der Waals surface area contributed by atoms with Gasteiger partial charge in [0.2, 0.25) is 11.7 Å². The van der Waals surface area contributed by atoms with Crippen LogP contribution in [0.2, 0.25) is 0 Å². The highest BCUT2D eigenvalue weighted by Crippen LogP contribution is 2.30. The van der Waals surface area contributed by atoms with Crippen LogP contribution in [0.15, 0.2) is 16.8 Å². The van der Waals surface area contributed by atoms with Crippen molar-refractivity contribution in [2.45, 2.75) is 26.8 Å². The summed E-state index contributed by atoms with van der Waals surface area (Å²) in [5.74, 6) is 0.915. The van der Waals surface area contributed by atoms with Crippen molar-refractivity contribution in [3.05, 3.63) is 18.2 Å². The predicted molar refractivity (Wildman–Crippen MR) is 62.9 cm³/mol. The maximum Gasteiger partial charge on any atom is 0.244 e. The van der Waals surface area contributed by atoms with Crippen LogP contribution in [0.4, 0.5) is 0 Å². The van der Waals surface area contributed by atoms with Crippen LogP contribution in [-0.4, -0.2) is 19.9 Å². The molecule has 0 fully saturated rings. The first-order valence-corrected chi connectivity index (χ1v) is 5.47. The van der Waals surface area contributed by atoms with Crippen molar-refractivity contribution >= 4 is 0 Å². The van der Waals surface area contributed by atoms with Gasteiger partial charge in [0.15, 0.2) is 0 Å². The molecule has 1 unspecified atom stereocenters. The summed E-state index contributed by atoms with van der Waals surface area (Å²) in [6.07, 6.45) is 1.83. The zero-order valence-corrected chi connectivity index (χ0v) is 10.5. The predicted octanol–water partition coefficient (Wildman–Crippen LogP) is 1.52. The van der Waals surface area contributed by atoms with Crippen LogP contribution >= 0.6 is 0 Å². The lowest BCUT2D eigenvalue weighted by atomic mass is 9.87. The van der Waals surface area contributed by atoms with E-state index in [1.807, 2.05) is 40.1 Å². The maximum atomic E-state index is 6.05. The fraction of sp³-hybridized carbons (Fsp3) is 0.545. The Hall–Kier alpha value is -1.69. The van der Waals surface area contributed by atoms with E-state index < -0.39 is 0 Å². The molecule has 2 heterocycles. The summed E-state index contributed by atoms with van der Waals surface area (Å²) >= 11 is 0. The molecule has 0 radical (unpaired) electrons. The van der Waals surface area contributed by atoms with Crippen molar-refractivity contribution in [3.63, 3.8) is 0 Å². The largest absolute Gasteiger partial charge is 0.337 e. The van der Waals surface area contributed by atoms with Gasteiger partial charge in [0.1, 0.15) is 5.69 Å². The lowest BCUT2D eigenvalue weighted by molar-refractivity contribution is 0.253. The molecule has 0 aliphatic rings. The van der Waals surface area contributed by atoms with Crippen LogP contribution in [0.3, 0.4) is 0 Å². The van der Waals surface area contributed by atoms with Gasteiger partial charge in [-0.15, -0.1) is 0 Å². The van der Waals surface area contributed by atoms with Gasteiger partial charge in [-0.05, 0) is 11.5 Å². The third kappa shape index (κ3) is 2.36. The molecule has 0 spiro atoms. The highest BCUT2D eigenvalue weighted by Gasteiger charge is 2.27. The molecule has 0 amide bonds. The molecule has 2 aromatic heterocycles. The summed E-state index contributed by atoms with van der Waals surface area (Å²) in [4.78, 5) is 4.28. The number of nitrogens with two attached hydrogens (primary N) is 1. The summed E-state index contributed by atoms with van der Waals surface area (Å²) in [5, 5.41) is 8.10. The first kappa shape index (κ1) is 11.8. The van der Waals surface area contributed by atoms with E-state index in [-0.39, 0.29) is 11.5 Å². The Morgan fingerprint density at radius 2 is 2.12 bits per heavy atom. The van der Waals surface area contributed by atoms with E-state index in [2.05, 4.69) is 15.2 Å². The molecular formula is C11H17N5O. The zero-order valence-electron chi connectivity index (χ0n) is 10.5. The monoisotopic (exact) mass is 235 g/mol. The molecule has 0 aliphatic heterocycles. The summed E-state index contributed by atoms with van der Waals surface area (Å²) < 4.78 is 6.87. The van der Waals surface area contributed by atoms with Crippen molar-refractivity contribution in [2.24, 2.45) is 18.2 Å². The van der Waals surface area contributed by atoms with E-state index in [4.69, 9.17) is 10.3 Å². The summed E-state index contributed by atoms with van der Waals surface area (Å²) in [6.45, 7) is 6.09. The van der Waals surface area contributed by atoms with Crippen LogP contribution in [0.5, 0.6) is 0 Å². The van der Waals surface area contributed by atoms with Gasteiger partial charge in [-0.1, -0.05) is 25.9 Å². The van der Waals surface area contributed by atoms with Gasteiger partial charge in [0.05, 0.1) is 6.04 Å². The molecule has 17 heavy (non-hydrogen) atoms. The number of hydrogen-bond donors (Lipinski definition) is 1. The molecule has 2 N–H and O–H groups in total. The fourth-order valence-corrected chi connectivity index (χ4v) is 1.37. The van der Waals surface area contributed by atoms with Crippen LogP contribution in [-0.2, 0) is 7.05 Å². The normalized spacial score (nSPS) is 13.9. The molecule has 0 saturated carbocycles. The minimum absolute atomic E-state index is 0.117. The summed E-state index contributed by atoms with van der Waals surface area (Å²) in [7, 11) is 1.84. The highest BCUT2D eigenvalue weighted by atomic mass is 16.5. The van der Waals surface area contributed by atoms with E-state index >= 15 is 0 Å². The second-order valence-corrected chi connectivity index (χ2v) is 5.17. The molecule has 0 aliphatic carbocycles. The molecule has 2 rings (SSSR count). The Morgan fingerprint density at radius 1 is 1.41 bits per heavy atom. The summed E-state index contributed by atoms with van der Waals surface area (Å²) in [6, 6.07) is 1.55. The third-order valence-corrected chi connectivity index (χ3v) is 2.58. The molecule has 92 valence electrons. The van der Waals surface area contributed by atoms with E-state index in [1.165, 1.54) is 0 Å². The Morgan fingerprint density at radius 3 is 2.65 bits per heavy atom. The van der Waals surface area contributed by atoms with E-state index in [9.17, 15) is 0 Å². The lowest BCUT2D eigenvalue weighted by Crippen LogP contribution is -2.26. The van der Waals surface area contributed by atoms with E-state index in [0.717, 1.165) is 0 Å². The SMILES string of the molecule is Cn1ccc(-c2noc(C(N)C(C)(C)C)n2)n1. The first-order valence-electron chi connectivity index (χ1n) is 5.47. The molecular weight excluding hydrogens is 218 g/mol.